The molecule has 0 aliphatic heterocycles. The third-order valence-electron chi connectivity index (χ3n) is 0.679. The molecule has 0 aliphatic carbocycles. The maximum absolute atomic E-state index is 10.2. The number of ether oxygens (including phenoxy) is 2. The Kier molecular flexibility index (Phi) is 5.26. The van der Waals surface area contributed by atoms with Crippen LogP contribution in [0.2, 0.25) is 0 Å². The number of carbonyl (C=O) groups is 1. The van der Waals surface area contributed by atoms with Crippen LogP contribution in [0.15, 0.2) is 0 Å². The van der Waals surface area contributed by atoms with E-state index in [-0.39, 0.29) is 6.61 Å². The van der Waals surface area contributed by atoms with Crippen molar-refractivity contribution in [2.45, 2.75) is 6.42 Å². The van der Waals surface area contributed by atoms with Gasteiger partial charge in [0.2, 0.25) is 0 Å². The first-order valence-electron chi connectivity index (χ1n) is 2.77. The second-order valence-electron chi connectivity index (χ2n) is 1.35. The molecule has 0 amide bonds. The zero-order chi connectivity index (χ0) is 7.82. The Labute approximate surface area is 60.3 Å². The van der Waals surface area contributed by atoms with Crippen molar-refractivity contribution in [3.8, 4) is 11.8 Å². The lowest BCUT2D eigenvalue weighted by Crippen LogP contribution is -2.03. The largest absolute Gasteiger partial charge is 0.508 e. The van der Waals surface area contributed by atoms with Gasteiger partial charge in [0.05, 0.1) is 7.11 Å². The van der Waals surface area contributed by atoms with E-state index in [9.17, 15) is 4.79 Å². The van der Waals surface area contributed by atoms with Gasteiger partial charge in [-0.05, 0) is 6.92 Å². The van der Waals surface area contributed by atoms with Gasteiger partial charge in [0.15, 0.2) is 6.61 Å². The van der Waals surface area contributed by atoms with Crippen LogP contribution in [0.1, 0.15) is 6.42 Å². The number of hydrogen-bond donors (Lipinski definition) is 0. The summed E-state index contributed by atoms with van der Waals surface area (Å²) in [7, 11) is 1.25. The molecule has 0 rings (SSSR count). The minimum Gasteiger partial charge on any atom is -0.438 e. The molecular formula is C7H9O3. The quantitative estimate of drug-likeness (QED) is 0.403. The third-order valence-corrected chi connectivity index (χ3v) is 0.679. The SMILES string of the molecule is [CH2]CC#CCOC(=O)OC. The number of rotatable bonds is 1. The molecule has 55 valence electrons. The fraction of sp³-hybridized carbons (Fsp3) is 0.429. The fourth-order valence-corrected chi connectivity index (χ4v) is 0.293. The van der Waals surface area contributed by atoms with Gasteiger partial charge in [-0.25, -0.2) is 4.79 Å². The van der Waals surface area contributed by atoms with Crippen LogP contribution in [0.5, 0.6) is 0 Å². The second kappa shape index (κ2) is 5.96. The Morgan fingerprint density at radius 3 is 2.80 bits per heavy atom. The van der Waals surface area contributed by atoms with Gasteiger partial charge in [-0.15, -0.1) is 0 Å². The lowest BCUT2D eigenvalue weighted by Gasteiger charge is -1.94. The maximum atomic E-state index is 10.2. The molecule has 0 unspecified atom stereocenters. The van der Waals surface area contributed by atoms with E-state index in [0.29, 0.717) is 6.42 Å². The highest BCUT2D eigenvalue weighted by molar-refractivity contribution is 5.59. The van der Waals surface area contributed by atoms with Crippen LogP contribution in [0.3, 0.4) is 0 Å². The second-order valence-corrected chi connectivity index (χ2v) is 1.35. The van der Waals surface area contributed by atoms with E-state index >= 15 is 0 Å². The summed E-state index contributed by atoms with van der Waals surface area (Å²) in [5.41, 5.74) is 0. The lowest BCUT2D eigenvalue weighted by molar-refractivity contribution is 0.0832. The Morgan fingerprint density at radius 2 is 2.30 bits per heavy atom. The van der Waals surface area contributed by atoms with E-state index < -0.39 is 6.16 Å². The van der Waals surface area contributed by atoms with E-state index in [2.05, 4.69) is 28.2 Å². The van der Waals surface area contributed by atoms with E-state index in [1.807, 2.05) is 0 Å². The van der Waals surface area contributed by atoms with Gasteiger partial charge >= 0.3 is 6.16 Å². The van der Waals surface area contributed by atoms with Crippen LogP contribution < -0.4 is 0 Å². The van der Waals surface area contributed by atoms with Crippen molar-refractivity contribution in [3.63, 3.8) is 0 Å². The summed E-state index contributed by atoms with van der Waals surface area (Å²) < 4.78 is 8.62. The lowest BCUT2D eigenvalue weighted by atomic mass is 10.5. The number of carbonyl (C=O) groups excluding carboxylic acids is 1. The molecule has 10 heavy (non-hydrogen) atoms. The molecule has 0 fully saturated rings. The standard InChI is InChI=1S/C7H9O3/c1-3-4-5-6-10-7(8)9-2/h1,3,6H2,2H3. The Morgan fingerprint density at radius 1 is 1.60 bits per heavy atom. The highest BCUT2D eigenvalue weighted by atomic mass is 16.7. The normalized spacial score (nSPS) is 7.40. The minimum atomic E-state index is -0.710. The molecule has 3 heteroatoms. The van der Waals surface area contributed by atoms with Crippen molar-refractivity contribution in [2.24, 2.45) is 0 Å². The van der Waals surface area contributed by atoms with Crippen LogP contribution in [0, 0.1) is 18.8 Å². The number of methoxy groups -OCH3 is 1. The molecule has 1 radical (unpaired) electrons. The van der Waals surface area contributed by atoms with Crippen LogP contribution in [-0.4, -0.2) is 19.9 Å². The summed E-state index contributed by atoms with van der Waals surface area (Å²) in [4.78, 5) is 10.2. The zero-order valence-electron chi connectivity index (χ0n) is 5.85. The van der Waals surface area contributed by atoms with Crippen molar-refractivity contribution in [1.82, 2.24) is 0 Å². The van der Waals surface area contributed by atoms with E-state index in [1.54, 1.807) is 0 Å². The summed E-state index contributed by atoms with van der Waals surface area (Å²) in [6.07, 6.45) is -0.191. The predicted molar refractivity (Wildman–Crippen MR) is 36.1 cm³/mol. The van der Waals surface area contributed by atoms with E-state index in [0.717, 1.165) is 0 Å². The van der Waals surface area contributed by atoms with Gasteiger partial charge in [-0.1, -0.05) is 11.8 Å². The summed E-state index contributed by atoms with van der Waals surface area (Å²) in [6.45, 7) is 3.55. The molecule has 0 saturated heterocycles. The van der Waals surface area contributed by atoms with Gasteiger partial charge in [0.1, 0.15) is 0 Å². The third kappa shape index (κ3) is 4.98. The summed E-state index contributed by atoms with van der Waals surface area (Å²) >= 11 is 0. The Bertz CT molecular complexity index is 152. The predicted octanol–water partition coefficient (Wildman–Crippen LogP) is 0.997. The molecule has 0 bridgehead atoms. The van der Waals surface area contributed by atoms with Crippen molar-refractivity contribution in [2.75, 3.05) is 13.7 Å². The topological polar surface area (TPSA) is 35.5 Å². The Balaban J connectivity index is 3.27. The van der Waals surface area contributed by atoms with Gasteiger partial charge < -0.3 is 9.47 Å². The summed E-state index contributed by atoms with van der Waals surface area (Å²) in [5, 5.41) is 0. The minimum absolute atomic E-state index is 0.0716. The molecule has 0 aromatic heterocycles. The first kappa shape index (κ1) is 8.83. The van der Waals surface area contributed by atoms with Crippen molar-refractivity contribution in [1.29, 1.82) is 0 Å². The fourth-order valence-electron chi connectivity index (χ4n) is 0.293. The first-order chi connectivity index (χ1) is 4.81. The molecule has 0 spiro atoms. The van der Waals surface area contributed by atoms with Crippen LogP contribution >= 0.6 is 0 Å². The molecule has 0 saturated carbocycles. The van der Waals surface area contributed by atoms with Gasteiger partial charge in [0, 0.05) is 6.42 Å². The van der Waals surface area contributed by atoms with Crippen molar-refractivity contribution < 1.29 is 14.3 Å². The molecule has 0 N–H and O–H groups in total. The summed E-state index contributed by atoms with van der Waals surface area (Å²) in [6, 6.07) is 0. The van der Waals surface area contributed by atoms with Crippen LogP contribution in [-0.2, 0) is 9.47 Å². The highest BCUT2D eigenvalue weighted by Crippen LogP contribution is 1.79. The molecule has 0 aliphatic rings. The van der Waals surface area contributed by atoms with Crippen molar-refractivity contribution in [3.05, 3.63) is 6.92 Å². The van der Waals surface area contributed by atoms with Gasteiger partial charge in [-0.2, -0.15) is 0 Å². The van der Waals surface area contributed by atoms with Crippen LogP contribution in [0.4, 0.5) is 4.79 Å². The monoisotopic (exact) mass is 141 g/mol. The molecule has 0 atom stereocenters. The maximum Gasteiger partial charge on any atom is 0.508 e. The molecule has 0 aromatic carbocycles. The number of hydrogen-bond acceptors (Lipinski definition) is 3. The van der Waals surface area contributed by atoms with E-state index in [1.165, 1.54) is 7.11 Å². The molecule has 3 nitrogen and oxygen atoms in total. The molecule has 0 heterocycles. The van der Waals surface area contributed by atoms with Crippen LogP contribution in [0.25, 0.3) is 0 Å². The molecular weight excluding hydrogens is 132 g/mol. The molecule has 0 aromatic rings. The first-order valence-corrected chi connectivity index (χ1v) is 2.77. The zero-order valence-corrected chi connectivity index (χ0v) is 5.85. The average Bonchev–Trinajstić information content (AvgIpc) is 1.98. The van der Waals surface area contributed by atoms with Crippen molar-refractivity contribution >= 4 is 6.16 Å². The summed E-state index contributed by atoms with van der Waals surface area (Å²) in [5.74, 6) is 5.20. The van der Waals surface area contributed by atoms with E-state index in [4.69, 9.17) is 0 Å². The van der Waals surface area contributed by atoms with Gasteiger partial charge in [0.25, 0.3) is 0 Å². The highest BCUT2D eigenvalue weighted by Gasteiger charge is 1.94. The Hall–Kier alpha value is -1.17. The van der Waals surface area contributed by atoms with Gasteiger partial charge in [-0.3, -0.25) is 0 Å². The average molecular weight is 141 g/mol. The smallest absolute Gasteiger partial charge is 0.438 e.